The highest BCUT2D eigenvalue weighted by molar-refractivity contribution is 7.14. The highest BCUT2D eigenvalue weighted by Crippen LogP contribution is 2.29. The fourth-order valence-electron chi connectivity index (χ4n) is 4.22. The first-order valence-corrected chi connectivity index (χ1v) is 14.7. The van der Waals surface area contributed by atoms with Gasteiger partial charge in [-0.25, -0.2) is 14.8 Å². The summed E-state index contributed by atoms with van der Waals surface area (Å²) in [5.41, 5.74) is 3.01. The molecule has 0 saturated carbocycles. The zero-order valence-electron chi connectivity index (χ0n) is 23.8. The molecule has 8 nitrogen and oxygen atoms in total. The number of carbonyl (C=O) groups excluding carboxylic acids is 2. The topological polar surface area (TPSA) is 113 Å². The molecule has 0 aliphatic carbocycles. The summed E-state index contributed by atoms with van der Waals surface area (Å²) in [5.74, 6) is 0.569. The number of benzene rings is 1. The maximum atomic E-state index is 13.5. The van der Waals surface area contributed by atoms with Crippen LogP contribution in [0.4, 0.5) is 10.6 Å². The lowest BCUT2D eigenvalue weighted by molar-refractivity contribution is 0.0528. The quantitative estimate of drug-likeness (QED) is 0.204. The Morgan fingerprint density at radius 3 is 2.62 bits per heavy atom. The van der Waals surface area contributed by atoms with Gasteiger partial charge in [-0.2, -0.15) is 0 Å². The summed E-state index contributed by atoms with van der Waals surface area (Å²) in [4.78, 5) is 35.6. The molecule has 0 saturated heterocycles. The van der Waals surface area contributed by atoms with Gasteiger partial charge < -0.3 is 20.5 Å². The van der Waals surface area contributed by atoms with Crippen LogP contribution in [0.1, 0.15) is 77.3 Å². The van der Waals surface area contributed by atoms with E-state index in [2.05, 4.69) is 20.6 Å². The standard InChI is InChI=1S/C30H39ClN4O4S/c1-6-20(17-36)9-11-33-28-25(16-32-18-35-28)27(37)26-15-22(19(2)40-26)13-23-14-24(31)8-7-21(23)10-12-34-29(38)39-30(3,4)5/h7-8,14-16,18,20,36H,6,9-13,17H2,1-5H3,(H,34,38)(H,32,33,35). The summed E-state index contributed by atoms with van der Waals surface area (Å²) >= 11 is 7.78. The van der Waals surface area contributed by atoms with Crippen molar-refractivity contribution in [2.24, 2.45) is 5.92 Å². The molecule has 1 amide bonds. The molecule has 1 unspecified atom stereocenters. The van der Waals surface area contributed by atoms with Crippen LogP contribution in [0, 0.1) is 12.8 Å². The van der Waals surface area contributed by atoms with E-state index < -0.39 is 11.7 Å². The number of halogens is 1. The van der Waals surface area contributed by atoms with Gasteiger partial charge in [0, 0.05) is 35.8 Å². The van der Waals surface area contributed by atoms with E-state index in [1.54, 1.807) is 6.20 Å². The summed E-state index contributed by atoms with van der Waals surface area (Å²) in [6.45, 7) is 10.7. The van der Waals surface area contributed by atoms with Crippen molar-refractivity contribution in [3.05, 3.63) is 73.8 Å². The van der Waals surface area contributed by atoms with E-state index in [0.29, 0.717) is 47.2 Å². The summed E-state index contributed by atoms with van der Waals surface area (Å²) in [5, 5.41) is 16.1. The number of aliphatic hydroxyl groups is 1. The molecule has 2 aromatic heterocycles. The third-order valence-corrected chi connectivity index (χ3v) is 7.82. The number of carbonyl (C=O) groups is 2. The summed E-state index contributed by atoms with van der Waals surface area (Å²) in [6, 6.07) is 7.69. The van der Waals surface area contributed by atoms with Crippen molar-refractivity contribution in [3.63, 3.8) is 0 Å². The Balaban J connectivity index is 1.72. The van der Waals surface area contributed by atoms with E-state index in [0.717, 1.165) is 34.4 Å². The largest absolute Gasteiger partial charge is 0.444 e. The average Bonchev–Trinajstić information content (AvgIpc) is 3.26. The molecule has 2 heterocycles. The molecule has 0 fully saturated rings. The highest BCUT2D eigenvalue weighted by Gasteiger charge is 2.20. The molecule has 3 rings (SSSR count). The average molecular weight is 587 g/mol. The van der Waals surface area contributed by atoms with Crippen LogP contribution in [0.25, 0.3) is 0 Å². The minimum absolute atomic E-state index is 0.135. The number of aromatic nitrogens is 2. The minimum Gasteiger partial charge on any atom is -0.444 e. The number of nitrogens with one attached hydrogen (secondary N) is 2. The lowest BCUT2D eigenvalue weighted by Gasteiger charge is -2.19. The number of nitrogens with zero attached hydrogens (tertiary/aromatic N) is 2. The maximum Gasteiger partial charge on any atom is 0.407 e. The summed E-state index contributed by atoms with van der Waals surface area (Å²) < 4.78 is 5.32. The van der Waals surface area contributed by atoms with Crippen LogP contribution in [0.15, 0.2) is 36.8 Å². The molecular formula is C30H39ClN4O4S. The van der Waals surface area contributed by atoms with E-state index in [1.165, 1.54) is 17.7 Å². The molecule has 0 spiro atoms. The fourth-order valence-corrected chi connectivity index (χ4v) is 5.41. The Morgan fingerprint density at radius 2 is 1.93 bits per heavy atom. The van der Waals surface area contributed by atoms with Crippen LogP contribution in [0.5, 0.6) is 0 Å². The molecule has 1 atom stereocenters. The second-order valence-corrected chi connectivity index (χ2v) is 12.4. The van der Waals surface area contributed by atoms with Crippen molar-refractivity contribution in [3.8, 4) is 0 Å². The number of alkyl carbamates (subject to hydrolysis) is 1. The summed E-state index contributed by atoms with van der Waals surface area (Å²) in [6.07, 6.45) is 5.41. The van der Waals surface area contributed by atoms with E-state index in [4.69, 9.17) is 16.3 Å². The summed E-state index contributed by atoms with van der Waals surface area (Å²) in [7, 11) is 0. The van der Waals surface area contributed by atoms with Gasteiger partial charge >= 0.3 is 6.09 Å². The molecule has 1 aromatic carbocycles. The monoisotopic (exact) mass is 586 g/mol. The lowest BCUT2D eigenvalue weighted by atomic mass is 9.97. The predicted molar refractivity (Wildman–Crippen MR) is 161 cm³/mol. The zero-order chi connectivity index (χ0) is 29.3. The van der Waals surface area contributed by atoms with Crippen molar-refractivity contribution in [1.82, 2.24) is 15.3 Å². The number of aliphatic hydroxyl groups excluding tert-OH is 1. The van der Waals surface area contributed by atoms with Gasteiger partial charge in [-0.15, -0.1) is 11.3 Å². The Kier molecular flexibility index (Phi) is 11.5. The number of hydrogen-bond donors (Lipinski definition) is 3. The van der Waals surface area contributed by atoms with E-state index in [9.17, 15) is 14.7 Å². The Morgan fingerprint density at radius 1 is 1.15 bits per heavy atom. The molecule has 0 bridgehead atoms. The van der Waals surface area contributed by atoms with Crippen molar-refractivity contribution >= 4 is 40.6 Å². The second-order valence-electron chi connectivity index (χ2n) is 10.7. The van der Waals surface area contributed by atoms with Gasteiger partial charge in [-0.1, -0.05) is 31.0 Å². The SMILES string of the molecule is CCC(CO)CCNc1ncncc1C(=O)c1cc(Cc2cc(Cl)ccc2CCNC(=O)OC(C)(C)C)c(C)s1. The van der Waals surface area contributed by atoms with Crippen LogP contribution >= 0.6 is 22.9 Å². The predicted octanol–water partition coefficient (Wildman–Crippen LogP) is 6.21. The molecule has 0 aliphatic heterocycles. The third kappa shape index (κ3) is 9.28. The van der Waals surface area contributed by atoms with E-state index >= 15 is 0 Å². The van der Waals surface area contributed by atoms with Gasteiger partial charge in [-0.3, -0.25) is 4.79 Å². The van der Waals surface area contributed by atoms with Crippen molar-refractivity contribution in [2.45, 2.75) is 65.9 Å². The van der Waals surface area contributed by atoms with Crippen LogP contribution in [-0.4, -0.2) is 52.2 Å². The Bertz CT molecular complexity index is 1300. The number of rotatable bonds is 13. The molecule has 0 aliphatic rings. The molecule has 0 radical (unpaired) electrons. The minimum atomic E-state index is -0.554. The molecule has 3 aromatic rings. The van der Waals surface area contributed by atoms with Crippen LogP contribution in [0.2, 0.25) is 5.02 Å². The van der Waals surface area contributed by atoms with E-state index in [-0.39, 0.29) is 18.3 Å². The number of hydrogen-bond acceptors (Lipinski definition) is 8. The first-order chi connectivity index (χ1) is 19.0. The van der Waals surface area contributed by atoms with Gasteiger partial charge in [0.05, 0.1) is 10.4 Å². The van der Waals surface area contributed by atoms with Crippen LogP contribution in [0.3, 0.4) is 0 Å². The number of amides is 1. The first kappa shape index (κ1) is 31.5. The number of ether oxygens (including phenoxy) is 1. The first-order valence-electron chi connectivity index (χ1n) is 13.5. The molecule has 3 N–H and O–H groups in total. The number of anilines is 1. The molecular weight excluding hydrogens is 548 g/mol. The van der Waals surface area contributed by atoms with Crippen molar-refractivity contribution in [1.29, 1.82) is 0 Å². The highest BCUT2D eigenvalue weighted by atomic mass is 35.5. The van der Waals surface area contributed by atoms with Gasteiger partial charge in [0.25, 0.3) is 0 Å². The van der Waals surface area contributed by atoms with Gasteiger partial charge in [0.15, 0.2) is 0 Å². The molecule has 40 heavy (non-hydrogen) atoms. The number of thiophene rings is 1. The smallest absolute Gasteiger partial charge is 0.407 e. The molecule has 216 valence electrons. The zero-order valence-corrected chi connectivity index (χ0v) is 25.4. The Labute approximate surface area is 245 Å². The number of aryl methyl sites for hydroxylation is 1. The number of ketones is 1. The van der Waals surface area contributed by atoms with Crippen molar-refractivity contribution < 1.29 is 19.4 Å². The fraction of sp³-hybridized carbons (Fsp3) is 0.467. The van der Waals surface area contributed by atoms with Crippen LogP contribution in [-0.2, 0) is 17.6 Å². The maximum absolute atomic E-state index is 13.5. The van der Waals surface area contributed by atoms with Crippen molar-refractivity contribution in [2.75, 3.05) is 25.0 Å². The second kappa shape index (κ2) is 14.6. The van der Waals surface area contributed by atoms with Crippen LogP contribution < -0.4 is 10.6 Å². The molecule has 10 heteroatoms. The third-order valence-electron chi connectivity index (χ3n) is 6.49. The Hall–Kier alpha value is -3.01. The van der Waals surface area contributed by atoms with Gasteiger partial charge in [-0.05, 0) is 87.8 Å². The normalized spacial score (nSPS) is 12.2. The van der Waals surface area contributed by atoms with E-state index in [1.807, 2.05) is 58.9 Å². The van der Waals surface area contributed by atoms with Gasteiger partial charge in [0.2, 0.25) is 5.78 Å². The van der Waals surface area contributed by atoms with Gasteiger partial charge in [0.1, 0.15) is 17.7 Å². The lowest BCUT2D eigenvalue weighted by Crippen LogP contribution is -2.33.